The number of non-ortho nitro benzene ring substituents is 1. The van der Waals surface area contributed by atoms with Gasteiger partial charge in [-0.25, -0.2) is 0 Å². The van der Waals surface area contributed by atoms with E-state index in [0.29, 0.717) is 10.6 Å². The number of nitro benzene ring substituents is 1. The monoisotopic (exact) mass is 251 g/mol. The molecule has 0 amide bonds. The summed E-state index contributed by atoms with van der Waals surface area (Å²) in [4.78, 5) is 21.5. The molecule has 5 heteroatoms. The molecule has 1 aromatic rings. The Labute approximate surface area is 103 Å². The molecule has 17 heavy (non-hydrogen) atoms. The van der Waals surface area contributed by atoms with Crippen LogP contribution in [0.5, 0.6) is 0 Å². The smallest absolute Gasteiger partial charge is 0.270 e. The second-order valence-corrected chi connectivity index (χ2v) is 4.38. The van der Waals surface area contributed by atoms with Crippen LogP contribution in [0, 0.1) is 16.0 Å². The molecule has 1 aromatic carbocycles. The molecule has 2 rings (SSSR count). The van der Waals surface area contributed by atoms with Crippen LogP contribution in [0.2, 0.25) is 5.02 Å². The van der Waals surface area contributed by atoms with E-state index in [-0.39, 0.29) is 17.4 Å². The summed E-state index contributed by atoms with van der Waals surface area (Å²) < 4.78 is 0. The standard InChI is InChI=1S/C12H10ClNO3/c13-11-5-4-10(14(16)17)7-9(11)3-6-12(15)8-1-2-8/h3-8H,1-2H2/b6-3+. The fourth-order valence-corrected chi connectivity index (χ4v) is 1.63. The van der Waals surface area contributed by atoms with Crippen LogP contribution in [0.4, 0.5) is 5.69 Å². The van der Waals surface area contributed by atoms with E-state index in [9.17, 15) is 14.9 Å². The molecule has 0 spiro atoms. The second kappa shape index (κ2) is 4.67. The number of hydrogen-bond donors (Lipinski definition) is 0. The molecule has 0 aliphatic heterocycles. The molecular formula is C12H10ClNO3. The number of carbonyl (C=O) groups is 1. The summed E-state index contributed by atoms with van der Waals surface area (Å²) in [7, 11) is 0. The van der Waals surface area contributed by atoms with Gasteiger partial charge in [-0.15, -0.1) is 0 Å². The fourth-order valence-electron chi connectivity index (χ4n) is 1.45. The van der Waals surface area contributed by atoms with Crippen molar-refractivity contribution in [3.8, 4) is 0 Å². The fraction of sp³-hybridized carbons (Fsp3) is 0.250. The van der Waals surface area contributed by atoms with E-state index in [4.69, 9.17) is 11.6 Å². The van der Waals surface area contributed by atoms with Gasteiger partial charge >= 0.3 is 0 Å². The number of rotatable bonds is 4. The third-order valence-electron chi connectivity index (χ3n) is 2.60. The van der Waals surface area contributed by atoms with Crippen LogP contribution in [0.25, 0.3) is 6.08 Å². The van der Waals surface area contributed by atoms with Crippen molar-refractivity contribution in [2.24, 2.45) is 5.92 Å². The average molecular weight is 252 g/mol. The second-order valence-electron chi connectivity index (χ2n) is 3.97. The normalized spacial score (nSPS) is 15.1. The van der Waals surface area contributed by atoms with Gasteiger partial charge in [0.25, 0.3) is 5.69 Å². The van der Waals surface area contributed by atoms with Crippen LogP contribution in [0.1, 0.15) is 18.4 Å². The van der Waals surface area contributed by atoms with Gasteiger partial charge in [0.2, 0.25) is 0 Å². The van der Waals surface area contributed by atoms with Crippen molar-refractivity contribution in [1.82, 2.24) is 0 Å². The molecule has 1 aliphatic rings. The molecule has 0 aromatic heterocycles. The first-order valence-corrected chi connectivity index (χ1v) is 5.61. The minimum Gasteiger partial charge on any atom is -0.295 e. The van der Waals surface area contributed by atoms with Gasteiger partial charge in [-0.3, -0.25) is 14.9 Å². The Morgan fingerprint density at radius 1 is 1.47 bits per heavy atom. The quantitative estimate of drug-likeness (QED) is 0.469. The van der Waals surface area contributed by atoms with Gasteiger partial charge in [0.15, 0.2) is 5.78 Å². The van der Waals surface area contributed by atoms with Gasteiger partial charge in [-0.1, -0.05) is 11.6 Å². The first-order chi connectivity index (χ1) is 8.08. The third kappa shape index (κ3) is 2.91. The maximum absolute atomic E-state index is 11.4. The van der Waals surface area contributed by atoms with Gasteiger partial charge in [0.1, 0.15) is 0 Å². The van der Waals surface area contributed by atoms with Crippen LogP contribution in [-0.2, 0) is 4.79 Å². The minimum atomic E-state index is -0.490. The van der Waals surface area contributed by atoms with Crippen LogP contribution in [0.15, 0.2) is 24.3 Å². The molecule has 0 heterocycles. The molecular weight excluding hydrogens is 242 g/mol. The molecule has 88 valence electrons. The van der Waals surface area contributed by atoms with E-state index in [2.05, 4.69) is 0 Å². The average Bonchev–Trinajstić information content (AvgIpc) is 3.11. The van der Waals surface area contributed by atoms with Crippen LogP contribution in [0.3, 0.4) is 0 Å². The summed E-state index contributed by atoms with van der Waals surface area (Å²) in [6.45, 7) is 0. The maximum atomic E-state index is 11.4. The zero-order valence-corrected chi connectivity index (χ0v) is 9.68. The van der Waals surface area contributed by atoms with Crippen molar-refractivity contribution in [1.29, 1.82) is 0 Å². The Hall–Kier alpha value is -1.68. The number of benzene rings is 1. The van der Waals surface area contributed by atoms with Gasteiger partial charge < -0.3 is 0 Å². The summed E-state index contributed by atoms with van der Waals surface area (Å²) in [5.41, 5.74) is 0.461. The lowest BCUT2D eigenvalue weighted by Crippen LogP contribution is -1.94. The van der Waals surface area contributed by atoms with Crippen LogP contribution in [-0.4, -0.2) is 10.7 Å². The highest BCUT2D eigenvalue weighted by molar-refractivity contribution is 6.32. The van der Waals surface area contributed by atoms with E-state index in [1.54, 1.807) is 0 Å². The van der Waals surface area contributed by atoms with Crippen molar-refractivity contribution in [3.63, 3.8) is 0 Å². The molecule has 0 N–H and O–H groups in total. The first kappa shape index (κ1) is 11.8. The highest BCUT2D eigenvalue weighted by Gasteiger charge is 2.27. The minimum absolute atomic E-state index is 0.0343. The summed E-state index contributed by atoms with van der Waals surface area (Å²) in [5.74, 6) is 0.205. The lowest BCUT2D eigenvalue weighted by Gasteiger charge is -1.98. The van der Waals surface area contributed by atoms with E-state index in [0.717, 1.165) is 12.8 Å². The first-order valence-electron chi connectivity index (χ1n) is 5.24. The number of halogens is 1. The Morgan fingerprint density at radius 3 is 2.76 bits per heavy atom. The lowest BCUT2D eigenvalue weighted by molar-refractivity contribution is -0.384. The van der Waals surface area contributed by atoms with E-state index < -0.39 is 4.92 Å². The Balaban J connectivity index is 2.21. The molecule has 1 saturated carbocycles. The highest BCUT2D eigenvalue weighted by atomic mass is 35.5. The van der Waals surface area contributed by atoms with E-state index >= 15 is 0 Å². The number of nitro groups is 1. The van der Waals surface area contributed by atoms with E-state index in [1.165, 1.54) is 30.4 Å². The van der Waals surface area contributed by atoms with Gasteiger partial charge in [-0.2, -0.15) is 0 Å². The number of nitrogens with zero attached hydrogens (tertiary/aromatic N) is 1. The van der Waals surface area contributed by atoms with Gasteiger partial charge in [0.05, 0.1) is 4.92 Å². The Bertz CT molecular complexity index is 506. The number of hydrogen-bond acceptors (Lipinski definition) is 3. The van der Waals surface area contributed by atoms with Gasteiger partial charge in [-0.05, 0) is 36.6 Å². The predicted octanol–water partition coefficient (Wildman–Crippen LogP) is 3.24. The zero-order chi connectivity index (χ0) is 12.4. The largest absolute Gasteiger partial charge is 0.295 e. The Morgan fingerprint density at radius 2 is 2.18 bits per heavy atom. The molecule has 4 nitrogen and oxygen atoms in total. The zero-order valence-electron chi connectivity index (χ0n) is 8.93. The predicted molar refractivity (Wildman–Crippen MR) is 64.9 cm³/mol. The van der Waals surface area contributed by atoms with Crippen molar-refractivity contribution < 1.29 is 9.72 Å². The number of carbonyl (C=O) groups excluding carboxylic acids is 1. The van der Waals surface area contributed by atoms with Crippen LogP contribution < -0.4 is 0 Å². The molecule has 0 bridgehead atoms. The summed E-state index contributed by atoms with van der Waals surface area (Å²) in [6.07, 6.45) is 4.86. The van der Waals surface area contributed by atoms with Crippen LogP contribution >= 0.6 is 11.6 Å². The summed E-state index contributed by atoms with van der Waals surface area (Å²) in [5, 5.41) is 11.0. The number of ketones is 1. The lowest BCUT2D eigenvalue weighted by atomic mass is 10.1. The maximum Gasteiger partial charge on any atom is 0.270 e. The Kier molecular flexibility index (Phi) is 3.24. The van der Waals surface area contributed by atoms with Crippen molar-refractivity contribution in [2.75, 3.05) is 0 Å². The van der Waals surface area contributed by atoms with Crippen molar-refractivity contribution in [3.05, 3.63) is 45.0 Å². The summed E-state index contributed by atoms with van der Waals surface area (Å²) in [6, 6.07) is 4.16. The summed E-state index contributed by atoms with van der Waals surface area (Å²) >= 11 is 5.89. The van der Waals surface area contributed by atoms with Crippen molar-refractivity contribution >= 4 is 29.1 Å². The molecule has 0 radical (unpaired) electrons. The van der Waals surface area contributed by atoms with E-state index in [1.807, 2.05) is 0 Å². The highest BCUT2D eigenvalue weighted by Crippen LogP contribution is 2.31. The molecule has 0 unspecified atom stereocenters. The van der Waals surface area contributed by atoms with Crippen molar-refractivity contribution in [2.45, 2.75) is 12.8 Å². The third-order valence-corrected chi connectivity index (χ3v) is 2.94. The molecule has 0 atom stereocenters. The molecule has 1 aliphatic carbocycles. The topological polar surface area (TPSA) is 60.2 Å². The number of allylic oxidation sites excluding steroid dienone is 1. The van der Waals surface area contributed by atoms with Gasteiger partial charge in [0, 0.05) is 23.1 Å². The molecule has 1 fully saturated rings. The molecule has 0 saturated heterocycles. The SMILES string of the molecule is O=C(/C=C/c1cc([N+](=O)[O-])ccc1Cl)C1CC1.